The van der Waals surface area contributed by atoms with Crippen molar-refractivity contribution in [3.05, 3.63) is 24.3 Å². The van der Waals surface area contributed by atoms with Crippen molar-refractivity contribution in [2.75, 3.05) is 13.2 Å². The van der Waals surface area contributed by atoms with Crippen LogP contribution in [0.5, 0.6) is 0 Å². The van der Waals surface area contributed by atoms with Gasteiger partial charge in [0.1, 0.15) is 13.2 Å². The minimum absolute atomic E-state index is 0.0696. The van der Waals surface area contributed by atoms with Gasteiger partial charge in [0, 0.05) is 19.3 Å². The molecular weight excluding hydrogens is 745 g/mol. The number of hydrogen-bond acceptors (Lipinski definition) is 6. The smallest absolute Gasteiger partial charge is 0.306 e. The van der Waals surface area contributed by atoms with Gasteiger partial charge in [0.2, 0.25) is 0 Å². The molecule has 1 atom stereocenters. The summed E-state index contributed by atoms with van der Waals surface area (Å²) >= 11 is 0. The van der Waals surface area contributed by atoms with E-state index in [-0.39, 0.29) is 31.1 Å². The van der Waals surface area contributed by atoms with E-state index in [9.17, 15) is 14.4 Å². The second kappa shape index (κ2) is 49.5. The first-order valence-electron chi connectivity index (χ1n) is 26.3. The summed E-state index contributed by atoms with van der Waals surface area (Å²) in [5.74, 6) is -0.863. The molecule has 6 heteroatoms. The molecule has 0 saturated heterocycles. The fourth-order valence-electron chi connectivity index (χ4n) is 7.71. The molecule has 60 heavy (non-hydrogen) atoms. The summed E-state index contributed by atoms with van der Waals surface area (Å²) in [6.45, 7) is 6.63. The van der Waals surface area contributed by atoms with Gasteiger partial charge in [-0.1, -0.05) is 238 Å². The van der Waals surface area contributed by atoms with E-state index in [1.54, 1.807) is 0 Å². The van der Waals surface area contributed by atoms with Gasteiger partial charge >= 0.3 is 17.9 Å². The number of unbranched alkanes of at least 4 members (excludes halogenated alkanes) is 33. The molecule has 0 unspecified atom stereocenters. The van der Waals surface area contributed by atoms with E-state index in [2.05, 4.69) is 45.1 Å². The summed E-state index contributed by atoms with van der Waals surface area (Å²) in [5.41, 5.74) is 0. The third-order valence-electron chi connectivity index (χ3n) is 11.7. The lowest BCUT2D eigenvalue weighted by molar-refractivity contribution is -0.167. The fraction of sp³-hybridized carbons (Fsp3) is 0.870. The maximum absolute atomic E-state index is 12.8. The zero-order valence-electron chi connectivity index (χ0n) is 40.2. The lowest BCUT2D eigenvalue weighted by atomic mass is 10.0. The number of carbonyl (C=O) groups is 3. The minimum Gasteiger partial charge on any atom is -0.462 e. The second-order valence-electron chi connectivity index (χ2n) is 17.8. The summed E-state index contributed by atoms with van der Waals surface area (Å²) in [5, 5.41) is 0. The molecule has 0 aliphatic heterocycles. The molecule has 0 heterocycles. The predicted molar refractivity (Wildman–Crippen MR) is 256 cm³/mol. The monoisotopic (exact) mass is 845 g/mol. The first kappa shape index (κ1) is 57.9. The van der Waals surface area contributed by atoms with Gasteiger partial charge in [-0.15, -0.1) is 0 Å². The Hall–Kier alpha value is -2.11. The van der Waals surface area contributed by atoms with Crippen molar-refractivity contribution < 1.29 is 28.6 Å². The predicted octanol–water partition coefficient (Wildman–Crippen LogP) is 17.2. The Kier molecular flexibility index (Phi) is 47.8. The summed E-state index contributed by atoms with van der Waals surface area (Å²) in [6, 6.07) is 0. The van der Waals surface area contributed by atoms with Crippen molar-refractivity contribution in [3.8, 4) is 0 Å². The summed E-state index contributed by atoms with van der Waals surface area (Å²) in [7, 11) is 0. The van der Waals surface area contributed by atoms with Crippen molar-refractivity contribution in [1.82, 2.24) is 0 Å². The maximum atomic E-state index is 12.8. The van der Waals surface area contributed by atoms with E-state index in [4.69, 9.17) is 14.2 Å². The van der Waals surface area contributed by atoms with Crippen LogP contribution < -0.4 is 0 Å². The molecule has 0 aromatic carbocycles. The number of ether oxygens (including phenoxy) is 3. The van der Waals surface area contributed by atoms with Gasteiger partial charge in [0.25, 0.3) is 0 Å². The zero-order valence-corrected chi connectivity index (χ0v) is 40.2. The van der Waals surface area contributed by atoms with E-state index >= 15 is 0 Å². The van der Waals surface area contributed by atoms with E-state index in [0.29, 0.717) is 19.3 Å². The summed E-state index contributed by atoms with van der Waals surface area (Å²) in [4.78, 5) is 37.9. The van der Waals surface area contributed by atoms with Crippen LogP contribution >= 0.6 is 0 Å². The van der Waals surface area contributed by atoms with Crippen LogP contribution in [0, 0.1) is 0 Å². The lowest BCUT2D eigenvalue weighted by Crippen LogP contribution is -2.30. The molecule has 0 saturated carbocycles. The molecule has 0 aliphatic carbocycles. The van der Waals surface area contributed by atoms with Crippen molar-refractivity contribution >= 4 is 17.9 Å². The van der Waals surface area contributed by atoms with Gasteiger partial charge in [-0.3, -0.25) is 14.4 Å². The Morgan fingerprint density at radius 2 is 0.600 bits per heavy atom. The number of hydrogen-bond donors (Lipinski definition) is 0. The van der Waals surface area contributed by atoms with Gasteiger partial charge in [0.15, 0.2) is 6.10 Å². The molecule has 0 amide bonds. The Labute approximate surface area is 373 Å². The quantitative estimate of drug-likeness (QED) is 0.0263. The second-order valence-corrected chi connectivity index (χ2v) is 17.8. The van der Waals surface area contributed by atoms with Crippen molar-refractivity contribution in [2.45, 2.75) is 290 Å². The molecule has 0 fully saturated rings. The molecule has 0 aromatic heterocycles. The Morgan fingerprint density at radius 3 is 0.950 bits per heavy atom. The third-order valence-corrected chi connectivity index (χ3v) is 11.7. The maximum Gasteiger partial charge on any atom is 0.306 e. The highest BCUT2D eigenvalue weighted by Gasteiger charge is 2.19. The van der Waals surface area contributed by atoms with E-state index < -0.39 is 6.10 Å². The third kappa shape index (κ3) is 46.9. The molecular formula is C54H100O6. The number of esters is 3. The van der Waals surface area contributed by atoms with Gasteiger partial charge < -0.3 is 14.2 Å². The molecule has 0 spiro atoms. The summed E-state index contributed by atoms with van der Waals surface area (Å²) in [6.07, 6.45) is 55.8. The van der Waals surface area contributed by atoms with Crippen molar-refractivity contribution in [2.24, 2.45) is 0 Å². The molecule has 0 bridgehead atoms. The normalized spacial score (nSPS) is 12.1. The van der Waals surface area contributed by atoms with Gasteiger partial charge in [-0.05, 0) is 51.4 Å². The first-order valence-corrected chi connectivity index (χ1v) is 26.3. The zero-order chi connectivity index (χ0) is 43.7. The van der Waals surface area contributed by atoms with Crippen LogP contribution in [0.3, 0.4) is 0 Å². The van der Waals surface area contributed by atoms with Crippen molar-refractivity contribution in [3.63, 3.8) is 0 Å². The fourth-order valence-corrected chi connectivity index (χ4v) is 7.71. The Bertz CT molecular complexity index is 973. The van der Waals surface area contributed by atoms with Crippen LogP contribution in [0.25, 0.3) is 0 Å². The van der Waals surface area contributed by atoms with Crippen LogP contribution in [0.1, 0.15) is 284 Å². The number of carbonyl (C=O) groups excluding carboxylic acids is 3. The average molecular weight is 845 g/mol. The minimum atomic E-state index is -0.769. The van der Waals surface area contributed by atoms with Crippen LogP contribution in [0.2, 0.25) is 0 Å². The molecule has 6 nitrogen and oxygen atoms in total. The average Bonchev–Trinajstić information content (AvgIpc) is 3.24. The van der Waals surface area contributed by atoms with Gasteiger partial charge in [-0.2, -0.15) is 0 Å². The van der Waals surface area contributed by atoms with Gasteiger partial charge in [0.05, 0.1) is 0 Å². The lowest BCUT2D eigenvalue weighted by Gasteiger charge is -2.18. The Balaban J connectivity index is 4.34. The number of rotatable bonds is 48. The van der Waals surface area contributed by atoms with E-state index in [1.807, 2.05) is 0 Å². The largest absolute Gasteiger partial charge is 0.462 e. The van der Waals surface area contributed by atoms with E-state index in [1.165, 1.54) is 173 Å². The summed E-state index contributed by atoms with van der Waals surface area (Å²) < 4.78 is 16.8. The SMILES string of the molecule is CCCCC/C=C\C/C=C\CCCCCCCCCC(=O)O[C@@H](COC(=O)CCCCCCCCCCCCCC)COC(=O)CCCCCCCCCCCCCCC. The van der Waals surface area contributed by atoms with Crippen LogP contribution in [-0.2, 0) is 28.6 Å². The highest BCUT2D eigenvalue weighted by molar-refractivity contribution is 5.71. The first-order chi connectivity index (χ1) is 29.5. The van der Waals surface area contributed by atoms with Crippen LogP contribution in [0.15, 0.2) is 24.3 Å². The highest BCUT2D eigenvalue weighted by Crippen LogP contribution is 2.16. The highest BCUT2D eigenvalue weighted by atomic mass is 16.6. The molecule has 0 aliphatic rings. The standard InChI is InChI=1S/C54H100O6/c1-4-7-10-13-16-19-22-25-26-27-28-30-33-36-39-42-45-48-54(57)60-51(49-58-52(55)46-43-40-37-34-31-24-21-18-15-12-9-6-3)50-59-53(56)47-44-41-38-35-32-29-23-20-17-14-11-8-5-2/h16,19,25-26,51H,4-15,17-18,20-24,27-50H2,1-3H3/b19-16-,26-25-/t51-/m0/s1. The molecule has 0 N–H and O–H groups in total. The van der Waals surface area contributed by atoms with Crippen LogP contribution in [0.4, 0.5) is 0 Å². The Morgan fingerprint density at radius 1 is 0.333 bits per heavy atom. The number of allylic oxidation sites excluding steroid dienone is 4. The topological polar surface area (TPSA) is 78.9 Å². The van der Waals surface area contributed by atoms with Crippen LogP contribution in [-0.4, -0.2) is 37.2 Å². The molecule has 0 aromatic rings. The van der Waals surface area contributed by atoms with Gasteiger partial charge in [-0.25, -0.2) is 0 Å². The molecule has 0 radical (unpaired) electrons. The van der Waals surface area contributed by atoms with Crippen molar-refractivity contribution in [1.29, 1.82) is 0 Å². The van der Waals surface area contributed by atoms with E-state index in [0.717, 1.165) is 70.6 Å². The molecule has 0 rings (SSSR count). The molecule has 352 valence electrons.